The predicted molar refractivity (Wildman–Crippen MR) is 80.2 cm³/mol. The molecule has 2 aromatic rings. The number of nitrogens with zero attached hydrogens (tertiary/aromatic N) is 3. The molecule has 120 valence electrons. The van der Waals surface area contributed by atoms with Crippen LogP contribution in [0.3, 0.4) is 0 Å². The van der Waals surface area contributed by atoms with Crippen molar-refractivity contribution in [3.63, 3.8) is 0 Å². The molecule has 0 unspecified atom stereocenters. The smallest absolute Gasteiger partial charge is 0.430 e. The van der Waals surface area contributed by atoms with Crippen LogP contribution in [-0.4, -0.2) is 51.6 Å². The van der Waals surface area contributed by atoms with Crippen molar-refractivity contribution in [3.05, 3.63) is 35.8 Å². The maximum atomic E-state index is 12.8. The minimum Gasteiger partial charge on any atom is -0.430 e. The van der Waals surface area contributed by atoms with Gasteiger partial charge in [0, 0.05) is 32.1 Å². The molecule has 4 rings (SSSR count). The van der Waals surface area contributed by atoms with E-state index < -0.39 is 11.8 Å². The molecule has 0 atom stereocenters. The number of carbonyl (C=O) groups is 2. The van der Waals surface area contributed by atoms with Crippen molar-refractivity contribution in [1.29, 1.82) is 0 Å². The predicted octanol–water partition coefficient (Wildman–Crippen LogP) is 1.78. The van der Waals surface area contributed by atoms with Crippen molar-refractivity contribution >= 4 is 17.7 Å². The van der Waals surface area contributed by atoms with Crippen molar-refractivity contribution in [2.24, 2.45) is 0 Å². The van der Waals surface area contributed by atoms with Crippen LogP contribution in [0.2, 0.25) is 0 Å². The first kappa shape index (κ1) is 14.0. The number of fused-ring (bicyclic) bond motifs is 1. The fraction of sp³-hybridized carbons (Fsp3) is 0.438. The summed E-state index contributed by atoms with van der Waals surface area (Å²) in [6, 6.07) is 5.69. The Morgan fingerprint density at radius 1 is 1.30 bits per heavy atom. The second-order valence-corrected chi connectivity index (χ2v) is 6.09. The standard InChI is InChI=1S/C16H17N3O4/c1-11-13(17-12-4-2-3-7-19(11)12)14(20)18-8-5-16(6-9-18)10-22-15(21)23-16/h2-4,7H,5-6,8-10H2,1H3. The Kier molecular flexibility index (Phi) is 3.04. The van der Waals surface area contributed by atoms with Crippen LogP contribution in [0.5, 0.6) is 0 Å². The Labute approximate surface area is 132 Å². The number of imidazole rings is 1. The zero-order valence-electron chi connectivity index (χ0n) is 12.8. The molecule has 4 heterocycles. The minimum atomic E-state index is -0.610. The van der Waals surface area contributed by atoms with E-state index in [-0.39, 0.29) is 12.5 Å². The highest BCUT2D eigenvalue weighted by Gasteiger charge is 2.45. The molecule has 2 aliphatic rings. The maximum absolute atomic E-state index is 12.8. The average Bonchev–Trinajstić information content (AvgIpc) is 3.09. The number of rotatable bonds is 1. The molecular weight excluding hydrogens is 298 g/mol. The lowest BCUT2D eigenvalue weighted by Crippen LogP contribution is -2.48. The second-order valence-electron chi connectivity index (χ2n) is 6.09. The Morgan fingerprint density at radius 2 is 2.09 bits per heavy atom. The summed E-state index contributed by atoms with van der Waals surface area (Å²) in [6.07, 6.45) is 2.48. The van der Waals surface area contributed by atoms with E-state index in [4.69, 9.17) is 9.47 Å². The van der Waals surface area contributed by atoms with Crippen molar-refractivity contribution < 1.29 is 19.1 Å². The summed E-state index contributed by atoms with van der Waals surface area (Å²) in [5.41, 5.74) is 1.52. The molecule has 2 fully saturated rings. The number of carbonyl (C=O) groups excluding carboxylic acids is 2. The van der Waals surface area contributed by atoms with Crippen LogP contribution in [-0.2, 0) is 9.47 Å². The zero-order valence-corrected chi connectivity index (χ0v) is 12.8. The van der Waals surface area contributed by atoms with Gasteiger partial charge in [-0.2, -0.15) is 0 Å². The Hall–Kier alpha value is -2.57. The van der Waals surface area contributed by atoms with Crippen LogP contribution < -0.4 is 0 Å². The van der Waals surface area contributed by atoms with Gasteiger partial charge in [0.15, 0.2) is 5.60 Å². The number of aromatic nitrogens is 2. The average molecular weight is 315 g/mol. The Morgan fingerprint density at radius 3 is 2.74 bits per heavy atom. The van der Waals surface area contributed by atoms with E-state index in [0.717, 1.165) is 11.3 Å². The summed E-state index contributed by atoms with van der Waals surface area (Å²) in [7, 11) is 0. The van der Waals surface area contributed by atoms with Gasteiger partial charge >= 0.3 is 6.16 Å². The molecule has 0 aliphatic carbocycles. The Bertz CT molecular complexity index is 790. The summed E-state index contributed by atoms with van der Waals surface area (Å²) in [4.78, 5) is 30.1. The number of ether oxygens (including phenoxy) is 2. The van der Waals surface area contributed by atoms with Crippen LogP contribution in [0.15, 0.2) is 24.4 Å². The molecular formula is C16H17N3O4. The number of hydrogen-bond donors (Lipinski definition) is 0. The number of pyridine rings is 1. The first-order valence-electron chi connectivity index (χ1n) is 7.67. The lowest BCUT2D eigenvalue weighted by Gasteiger charge is -2.36. The monoisotopic (exact) mass is 315 g/mol. The van der Waals surface area contributed by atoms with Gasteiger partial charge in [0.25, 0.3) is 5.91 Å². The quantitative estimate of drug-likeness (QED) is 0.750. The highest BCUT2D eigenvalue weighted by molar-refractivity contribution is 5.94. The van der Waals surface area contributed by atoms with Crippen LogP contribution in [0.1, 0.15) is 29.0 Å². The third-order valence-corrected chi connectivity index (χ3v) is 4.69. The van der Waals surface area contributed by atoms with Crippen LogP contribution in [0, 0.1) is 6.92 Å². The van der Waals surface area contributed by atoms with Gasteiger partial charge in [0.2, 0.25) is 0 Å². The second kappa shape index (κ2) is 4.97. The molecule has 0 saturated carbocycles. The number of piperidine rings is 1. The first-order chi connectivity index (χ1) is 11.1. The van der Waals surface area contributed by atoms with Gasteiger partial charge in [-0.25, -0.2) is 9.78 Å². The number of hydrogen-bond acceptors (Lipinski definition) is 5. The third-order valence-electron chi connectivity index (χ3n) is 4.69. The molecule has 0 radical (unpaired) electrons. The third kappa shape index (κ3) is 2.23. The highest BCUT2D eigenvalue weighted by atomic mass is 16.8. The molecule has 0 bridgehead atoms. The van der Waals surface area contributed by atoms with Gasteiger partial charge in [-0.05, 0) is 19.1 Å². The van der Waals surface area contributed by atoms with E-state index in [9.17, 15) is 9.59 Å². The SMILES string of the molecule is Cc1c(C(=O)N2CCC3(CC2)COC(=O)O3)nc2ccccn12. The molecule has 0 aromatic carbocycles. The molecule has 7 nitrogen and oxygen atoms in total. The zero-order chi connectivity index (χ0) is 16.0. The normalized spacial score (nSPS) is 19.9. The largest absolute Gasteiger partial charge is 0.509 e. The van der Waals surface area contributed by atoms with Gasteiger partial charge in [-0.3, -0.25) is 4.79 Å². The van der Waals surface area contributed by atoms with E-state index >= 15 is 0 Å². The molecule has 1 spiro atoms. The minimum absolute atomic E-state index is 0.0775. The van der Waals surface area contributed by atoms with Gasteiger partial charge in [-0.15, -0.1) is 0 Å². The van der Waals surface area contributed by atoms with Gasteiger partial charge in [-0.1, -0.05) is 6.07 Å². The number of amides is 1. The molecule has 7 heteroatoms. The lowest BCUT2D eigenvalue weighted by atomic mass is 9.92. The number of likely N-dealkylation sites (tertiary alicyclic amines) is 1. The van der Waals surface area contributed by atoms with Crippen molar-refractivity contribution in [2.75, 3.05) is 19.7 Å². The van der Waals surface area contributed by atoms with Crippen molar-refractivity contribution in [3.8, 4) is 0 Å². The van der Waals surface area contributed by atoms with Gasteiger partial charge < -0.3 is 18.8 Å². The molecule has 0 N–H and O–H groups in total. The van der Waals surface area contributed by atoms with E-state index in [1.807, 2.05) is 35.7 Å². The summed E-state index contributed by atoms with van der Waals surface area (Å²) in [5.74, 6) is -0.0775. The van der Waals surface area contributed by atoms with E-state index in [0.29, 0.717) is 31.6 Å². The molecule has 2 saturated heterocycles. The summed E-state index contributed by atoms with van der Waals surface area (Å²) in [5, 5.41) is 0. The maximum Gasteiger partial charge on any atom is 0.509 e. The van der Waals surface area contributed by atoms with Crippen molar-refractivity contribution in [2.45, 2.75) is 25.4 Å². The Balaban J connectivity index is 1.53. The van der Waals surface area contributed by atoms with Crippen LogP contribution in [0.25, 0.3) is 5.65 Å². The molecule has 23 heavy (non-hydrogen) atoms. The van der Waals surface area contributed by atoms with E-state index in [2.05, 4.69) is 4.98 Å². The summed E-state index contributed by atoms with van der Waals surface area (Å²) >= 11 is 0. The van der Waals surface area contributed by atoms with Crippen molar-refractivity contribution in [1.82, 2.24) is 14.3 Å². The highest BCUT2D eigenvalue weighted by Crippen LogP contribution is 2.32. The van der Waals surface area contributed by atoms with Gasteiger partial charge in [0.05, 0.1) is 5.69 Å². The number of aryl methyl sites for hydroxylation is 1. The van der Waals surface area contributed by atoms with Crippen LogP contribution in [0.4, 0.5) is 4.79 Å². The first-order valence-corrected chi connectivity index (χ1v) is 7.67. The van der Waals surface area contributed by atoms with Gasteiger partial charge in [0.1, 0.15) is 17.9 Å². The molecule has 2 aliphatic heterocycles. The fourth-order valence-corrected chi connectivity index (χ4v) is 3.26. The fourth-order valence-electron chi connectivity index (χ4n) is 3.26. The van der Waals surface area contributed by atoms with E-state index in [1.165, 1.54) is 0 Å². The summed E-state index contributed by atoms with van der Waals surface area (Å²) < 4.78 is 12.1. The lowest BCUT2D eigenvalue weighted by molar-refractivity contribution is 0.00264. The molecule has 2 aromatic heterocycles. The number of cyclic esters (lactones) is 1. The van der Waals surface area contributed by atoms with Crippen LogP contribution >= 0.6 is 0 Å². The molecule has 1 amide bonds. The topological polar surface area (TPSA) is 73.1 Å². The van der Waals surface area contributed by atoms with E-state index in [1.54, 1.807) is 4.90 Å². The summed E-state index contributed by atoms with van der Waals surface area (Å²) in [6.45, 7) is 3.23.